The number of halogens is 1. The molecule has 15 heavy (non-hydrogen) atoms. The lowest BCUT2D eigenvalue weighted by Crippen LogP contribution is -1.84. The average Bonchev–Trinajstić information content (AvgIpc) is 2.67. The van der Waals surface area contributed by atoms with Crippen molar-refractivity contribution in [1.29, 1.82) is 0 Å². The molecule has 78 valence electrons. The molecule has 0 N–H and O–H groups in total. The SMILES string of the molecule is CC(C)c1cc(-c2ccccc2Cl)on1. The highest BCUT2D eigenvalue weighted by atomic mass is 35.5. The van der Waals surface area contributed by atoms with Gasteiger partial charge in [-0.1, -0.05) is 42.7 Å². The molecular weight excluding hydrogens is 210 g/mol. The van der Waals surface area contributed by atoms with Crippen LogP contribution in [0.4, 0.5) is 0 Å². The molecule has 0 radical (unpaired) electrons. The Morgan fingerprint density at radius 1 is 1.27 bits per heavy atom. The van der Waals surface area contributed by atoms with Gasteiger partial charge in [-0.25, -0.2) is 0 Å². The second-order valence-corrected chi connectivity index (χ2v) is 4.16. The Morgan fingerprint density at radius 2 is 2.00 bits per heavy atom. The highest BCUT2D eigenvalue weighted by molar-refractivity contribution is 6.33. The van der Waals surface area contributed by atoms with Gasteiger partial charge in [0.15, 0.2) is 5.76 Å². The van der Waals surface area contributed by atoms with E-state index >= 15 is 0 Å². The standard InChI is InChI=1S/C12H12ClNO/c1-8(2)11-7-12(15-14-11)9-5-3-4-6-10(9)13/h3-8H,1-2H3. The maximum Gasteiger partial charge on any atom is 0.168 e. The highest BCUT2D eigenvalue weighted by Gasteiger charge is 2.11. The molecule has 2 aromatic rings. The van der Waals surface area contributed by atoms with Crippen LogP contribution in [-0.2, 0) is 0 Å². The topological polar surface area (TPSA) is 26.0 Å². The molecule has 0 unspecified atom stereocenters. The molecule has 0 aliphatic rings. The van der Waals surface area contributed by atoms with Crippen LogP contribution in [0.15, 0.2) is 34.9 Å². The van der Waals surface area contributed by atoms with Crippen molar-refractivity contribution in [3.8, 4) is 11.3 Å². The summed E-state index contributed by atoms with van der Waals surface area (Å²) in [5.74, 6) is 1.09. The first-order chi connectivity index (χ1) is 7.18. The Hall–Kier alpha value is -1.28. The van der Waals surface area contributed by atoms with E-state index in [2.05, 4.69) is 19.0 Å². The Balaban J connectivity index is 2.42. The lowest BCUT2D eigenvalue weighted by atomic mass is 10.1. The van der Waals surface area contributed by atoms with Gasteiger partial charge >= 0.3 is 0 Å². The molecule has 2 rings (SSSR count). The van der Waals surface area contributed by atoms with Gasteiger partial charge in [-0.15, -0.1) is 0 Å². The van der Waals surface area contributed by atoms with Crippen molar-refractivity contribution < 1.29 is 4.52 Å². The predicted molar refractivity (Wildman–Crippen MR) is 61.0 cm³/mol. The van der Waals surface area contributed by atoms with Crippen LogP contribution < -0.4 is 0 Å². The van der Waals surface area contributed by atoms with Crippen molar-refractivity contribution >= 4 is 11.6 Å². The summed E-state index contributed by atoms with van der Waals surface area (Å²) in [6.07, 6.45) is 0. The van der Waals surface area contributed by atoms with Crippen LogP contribution in [0.1, 0.15) is 25.5 Å². The molecule has 0 spiro atoms. The minimum Gasteiger partial charge on any atom is -0.356 e. The van der Waals surface area contributed by atoms with Crippen molar-refractivity contribution in [3.05, 3.63) is 41.0 Å². The Labute approximate surface area is 93.9 Å². The minimum atomic E-state index is 0.366. The molecule has 0 bridgehead atoms. The summed E-state index contributed by atoms with van der Waals surface area (Å²) in [6, 6.07) is 9.53. The summed E-state index contributed by atoms with van der Waals surface area (Å²) < 4.78 is 5.26. The third kappa shape index (κ3) is 2.05. The van der Waals surface area contributed by atoms with Crippen molar-refractivity contribution in [3.63, 3.8) is 0 Å². The van der Waals surface area contributed by atoms with Gasteiger partial charge in [0.2, 0.25) is 0 Å². The minimum absolute atomic E-state index is 0.366. The smallest absolute Gasteiger partial charge is 0.168 e. The third-order valence-electron chi connectivity index (χ3n) is 2.26. The van der Waals surface area contributed by atoms with Crippen LogP contribution in [-0.4, -0.2) is 5.16 Å². The maximum atomic E-state index is 6.06. The fourth-order valence-corrected chi connectivity index (χ4v) is 1.58. The average molecular weight is 222 g/mol. The molecule has 0 saturated carbocycles. The van der Waals surface area contributed by atoms with Crippen LogP contribution in [0.25, 0.3) is 11.3 Å². The summed E-state index contributed by atoms with van der Waals surface area (Å²) in [4.78, 5) is 0. The molecular formula is C12H12ClNO. The van der Waals surface area contributed by atoms with E-state index in [9.17, 15) is 0 Å². The first kappa shape index (κ1) is 10.2. The fraction of sp³-hybridized carbons (Fsp3) is 0.250. The summed E-state index contributed by atoms with van der Waals surface area (Å²) in [5, 5.41) is 4.68. The van der Waals surface area contributed by atoms with E-state index in [1.165, 1.54) is 0 Å². The largest absolute Gasteiger partial charge is 0.356 e. The molecule has 0 atom stereocenters. The zero-order valence-electron chi connectivity index (χ0n) is 8.70. The van der Waals surface area contributed by atoms with Crippen molar-refractivity contribution in [2.45, 2.75) is 19.8 Å². The summed E-state index contributed by atoms with van der Waals surface area (Å²) in [6.45, 7) is 4.16. The normalized spacial score (nSPS) is 10.9. The van der Waals surface area contributed by atoms with Gasteiger partial charge in [0.25, 0.3) is 0 Å². The van der Waals surface area contributed by atoms with Gasteiger partial charge in [0, 0.05) is 11.6 Å². The maximum absolute atomic E-state index is 6.06. The van der Waals surface area contributed by atoms with Crippen LogP contribution in [0.3, 0.4) is 0 Å². The lowest BCUT2D eigenvalue weighted by Gasteiger charge is -1.97. The van der Waals surface area contributed by atoms with Gasteiger partial charge in [-0.05, 0) is 18.1 Å². The van der Waals surface area contributed by atoms with Gasteiger partial charge in [0.1, 0.15) is 0 Å². The fourth-order valence-electron chi connectivity index (χ4n) is 1.35. The molecule has 1 aromatic heterocycles. The Morgan fingerprint density at radius 3 is 2.60 bits per heavy atom. The summed E-state index contributed by atoms with van der Waals surface area (Å²) in [5.41, 5.74) is 1.84. The van der Waals surface area contributed by atoms with Gasteiger partial charge in [0.05, 0.1) is 10.7 Å². The molecule has 0 aliphatic carbocycles. The number of hydrogen-bond donors (Lipinski definition) is 0. The Bertz CT molecular complexity index is 462. The monoisotopic (exact) mass is 221 g/mol. The van der Waals surface area contributed by atoms with Gasteiger partial charge < -0.3 is 4.52 Å². The van der Waals surface area contributed by atoms with Crippen molar-refractivity contribution in [2.24, 2.45) is 0 Å². The molecule has 1 aromatic carbocycles. The van der Waals surface area contributed by atoms with E-state index in [1.54, 1.807) is 0 Å². The van der Waals surface area contributed by atoms with E-state index in [0.29, 0.717) is 10.9 Å². The number of rotatable bonds is 2. The summed E-state index contributed by atoms with van der Waals surface area (Å²) in [7, 11) is 0. The van der Waals surface area contributed by atoms with E-state index in [-0.39, 0.29) is 0 Å². The van der Waals surface area contributed by atoms with E-state index in [1.807, 2.05) is 30.3 Å². The molecule has 0 aliphatic heterocycles. The number of aromatic nitrogens is 1. The van der Waals surface area contributed by atoms with Crippen molar-refractivity contribution in [2.75, 3.05) is 0 Å². The van der Waals surface area contributed by atoms with E-state index in [0.717, 1.165) is 17.0 Å². The zero-order chi connectivity index (χ0) is 10.8. The molecule has 0 amide bonds. The number of benzene rings is 1. The first-order valence-electron chi connectivity index (χ1n) is 4.90. The lowest BCUT2D eigenvalue weighted by molar-refractivity contribution is 0.420. The van der Waals surface area contributed by atoms with Gasteiger partial charge in [-0.3, -0.25) is 0 Å². The van der Waals surface area contributed by atoms with E-state index in [4.69, 9.17) is 16.1 Å². The highest BCUT2D eigenvalue weighted by Crippen LogP contribution is 2.29. The summed E-state index contributed by atoms with van der Waals surface area (Å²) >= 11 is 6.06. The van der Waals surface area contributed by atoms with Crippen LogP contribution in [0.2, 0.25) is 5.02 Å². The van der Waals surface area contributed by atoms with Crippen molar-refractivity contribution in [1.82, 2.24) is 5.16 Å². The first-order valence-corrected chi connectivity index (χ1v) is 5.28. The quantitative estimate of drug-likeness (QED) is 0.763. The molecule has 0 fully saturated rings. The molecule has 3 heteroatoms. The molecule has 0 saturated heterocycles. The second kappa shape index (κ2) is 4.07. The van der Waals surface area contributed by atoms with E-state index < -0.39 is 0 Å². The molecule has 1 heterocycles. The van der Waals surface area contributed by atoms with Gasteiger partial charge in [-0.2, -0.15) is 0 Å². The second-order valence-electron chi connectivity index (χ2n) is 3.75. The number of nitrogens with zero attached hydrogens (tertiary/aromatic N) is 1. The van der Waals surface area contributed by atoms with Crippen LogP contribution >= 0.6 is 11.6 Å². The Kier molecular flexibility index (Phi) is 2.78. The number of hydrogen-bond acceptors (Lipinski definition) is 2. The predicted octanol–water partition coefficient (Wildman–Crippen LogP) is 4.12. The zero-order valence-corrected chi connectivity index (χ0v) is 9.45. The molecule has 2 nitrogen and oxygen atoms in total. The third-order valence-corrected chi connectivity index (χ3v) is 2.59. The van der Waals surface area contributed by atoms with Crippen LogP contribution in [0, 0.1) is 0 Å². The van der Waals surface area contributed by atoms with Crippen LogP contribution in [0.5, 0.6) is 0 Å².